The van der Waals surface area contributed by atoms with E-state index in [0.29, 0.717) is 23.5 Å². The first kappa shape index (κ1) is 17.2. The van der Waals surface area contributed by atoms with Gasteiger partial charge in [-0.25, -0.2) is 9.59 Å². The zero-order valence-electron chi connectivity index (χ0n) is 15.3. The first-order valence-corrected chi connectivity index (χ1v) is 8.96. The van der Waals surface area contributed by atoms with Crippen LogP contribution in [0.5, 0.6) is 0 Å². The highest BCUT2D eigenvalue weighted by Crippen LogP contribution is 2.50. The Labute approximate surface area is 157 Å². The number of carboxylic acids is 1. The molecule has 2 amide bonds. The third kappa shape index (κ3) is 2.58. The summed E-state index contributed by atoms with van der Waals surface area (Å²) < 4.78 is 0. The monoisotopic (exact) mass is 366 g/mol. The number of anilines is 3. The van der Waals surface area contributed by atoms with Gasteiger partial charge >= 0.3 is 12.0 Å². The fourth-order valence-electron chi connectivity index (χ4n) is 4.14. The van der Waals surface area contributed by atoms with Crippen LogP contribution < -0.4 is 20.9 Å². The smallest absolute Gasteiger partial charge is 0.336 e. The van der Waals surface area contributed by atoms with E-state index in [1.165, 1.54) is 4.90 Å². The van der Waals surface area contributed by atoms with Crippen LogP contribution >= 0.6 is 0 Å². The van der Waals surface area contributed by atoms with Gasteiger partial charge in [0.05, 0.1) is 28.7 Å². The highest BCUT2D eigenvalue weighted by molar-refractivity contribution is 6.07. The first-order chi connectivity index (χ1) is 12.9. The highest BCUT2D eigenvalue weighted by atomic mass is 16.4. The van der Waals surface area contributed by atoms with E-state index >= 15 is 0 Å². The molecule has 2 heterocycles. The van der Waals surface area contributed by atoms with Crippen LogP contribution in [0.2, 0.25) is 0 Å². The van der Waals surface area contributed by atoms with Crippen LogP contribution in [0.1, 0.15) is 40.9 Å². The van der Waals surface area contributed by atoms with E-state index in [-0.39, 0.29) is 17.8 Å². The number of hydrogen-bond acceptors (Lipinski definition) is 4. The molecule has 2 unspecified atom stereocenters. The highest BCUT2D eigenvalue weighted by Gasteiger charge is 2.40. The quantitative estimate of drug-likeness (QED) is 0.758. The third-order valence-corrected chi connectivity index (χ3v) is 5.61. The Bertz CT molecular complexity index is 929. The zero-order valence-corrected chi connectivity index (χ0v) is 15.3. The molecule has 2 aliphatic rings. The molecule has 2 atom stereocenters. The number of primary amides is 1. The number of benzene rings is 2. The lowest BCUT2D eigenvalue weighted by atomic mass is 9.89. The topological polar surface area (TPSA) is 98.9 Å². The lowest BCUT2D eigenvalue weighted by molar-refractivity contribution is 0.0695. The predicted octanol–water partition coefficient (Wildman–Crippen LogP) is 3.17. The molecule has 0 spiro atoms. The number of nitrogens with two attached hydrogens (primary N) is 1. The number of carbonyl (C=O) groups excluding carboxylic acids is 1. The summed E-state index contributed by atoms with van der Waals surface area (Å²) in [6.45, 7) is 1.87. The van der Waals surface area contributed by atoms with Gasteiger partial charge in [0.15, 0.2) is 0 Å². The van der Waals surface area contributed by atoms with Crippen molar-refractivity contribution in [2.45, 2.75) is 32.0 Å². The molecule has 7 nitrogen and oxygen atoms in total. The van der Waals surface area contributed by atoms with Crippen LogP contribution in [0.25, 0.3) is 0 Å². The predicted molar refractivity (Wildman–Crippen MR) is 104 cm³/mol. The number of hydrogen-bond donors (Lipinski definition) is 3. The number of fused-ring (bicyclic) bond motifs is 3. The molecule has 0 bridgehead atoms. The summed E-state index contributed by atoms with van der Waals surface area (Å²) in [6, 6.07) is 11.2. The first-order valence-electron chi connectivity index (χ1n) is 8.96. The summed E-state index contributed by atoms with van der Waals surface area (Å²) in [6.07, 6.45) is 1.10. The van der Waals surface area contributed by atoms with Crippen molar-refractivity contribution in [3.05, 3.63) is 53.1 Å². The van der Waals surface area contributed by atoms with Gasteiger partial charge in [-0.15, -0.1) is 0 Å². The van der Waals surface area contributed by atoms with E-state index in [2.05, 4.69) is 5.32 Å². The van der Waals surface area contributed by atoms with Crippen molar-refractivity contribution in [3.63, 3.8) is 0 Å². The van der Waals surface area contributed by atoms with Crippen molar-refractivity contribution >= 4 is 29.1 Å². The molecular formula is C20H22N4O3. The Morgan fingerprint density at radius 2 is 1.96 bits per heavy atom. The van der Waals surface area contributed by atoms with Gasteiger partial charge in [0.1, 0.15) is 6.17 Å². The number of nitrogens with zero attached hydrogens (tertiary/aromatic N) is 2. The fourth-order valence-corrected chi connectivity index (χ4v) is 4.14. The Hall–Kier alpha value is -3.22. The maximum Gasteiger partial charge on any atom is 0.336 e. The molecular weight excluding hydrogens is 344 g/mol. The lowest BCUT2D eigenvalue weighted by Crippen LogP contribution is -2.45. The number of aromatic carboxylic acids is 1. The molecule has 4 rings (SSSR count). The van der Waals surface area contributed by atoms with Crippen LogP contribution in [-0.4, -0.2) is 30.3 Å². The van der Waals surface area contributed by atoms with E-state index in [0.717, 1.165) is 17.5 Å². The molecule has 0 fully saturated rings. The normalized spacial score (nSPS) is 20.7. The molecule has 2 aliphatic heterocycles. The third-order valence-electron chi connectivity index (χ3n) is 5.61. The van der Waals surface area contributed by atoms with E-state index in [1.54, 1.807) is 6.07 Å². The summed E-state index contributed by atoms with van der Waals surface area (Å²) in [5.74, 6) is -0.965. The molecule has 7 heteroatoms. The Morgan fingerprint density at radius 3 is 2.59 bits per heavy atom. The minimum atomic E-state index is -0.965. The van der Waals surface area contributed by atoms with Crippen LogP contribution in [0, 0.1) is 0 Å². The van der Waals surface area contributed by atoms with Gasteiger partial charge in [-0.2, -0.15) is 0 Å². The second-order valence-corrected chi connectivity index (χ2v) is 7.05. The summed E-state index contributed by atoms with van der Waals surface area (Å²) in [5.41, 5.74) is 9.83. The standard InChI is InChI=1S/C20H22N4O3/c1-11-23(2)16-10-14(19(25)26)13-8-9-15(12-6-4-3-5-7-12)22-17(13)18(16)24(11)20(21)27/h3-7,10-11,15,22H,8-9H2,1-2H3,(H2,21,27)(H,25,26). The van der Waals surface area contributed by atoms with Crippen molar-refractivity contribution in [1.82, 2.24) is 0 Å². The minimum Gasteiger partial charge on any atom is -0.478 e. The van der Waals surface area contributed by atoms with Crippen molar-refractivity contribution in [3.8, 4) is 0 Å². The SMILES string of the molecule is CC1N(C)c2cc(C(=O)O)c3c(c2N1C(N)=O)NC(c1ccccc1)CC3. The van der Waals surface area contributed by atoms with E-state index < -0.39 is 12.0 Å². The van der Waals surface area contributed by atoms with E-state index in [1.807, 2.05) is 49.2 Å². The molecule has 0 aliphatic carbocycles. The molecule has 0 saturated heterocycles. The second kappa shape index (κ2) is 6.19. The molecule has 0 saturated carbocycles. The van der Waals surface area contributed by atoms with Crippen LogP contribution in [0.15, 0.2) is 36.4 Å². The van der Waals surface area contributed by atoms with Gasteiger partial charge in [-0.3, -0.25) is 4.90 Å². The summed E-state index contributed by atoms with van der Waals surface area (Å²) in [5, 5.41) is 13.2. The molecule has 2 aromatic rings. The minimum absolute atomic E-state index is 0.0442. The largest absolute Gasteiger partial charge is 0.478 e. The summed E-state index contributed by atoms with van der Waals surface area (Å²) in [4.78, 5) is 27.4. The number of carbonyl (C=O) groups is 2. The zero-order chi connectivity index (χ0) is 19.3. The number of amides is 2. The van der Waals surface area contributed by atoms with Gasteiger partial charge < -0.3 is 21.1 Å². The van der Waals surface area contributed by atoms with Gasteiger partial charge in [-0.1, -0.05) is 30.3 Å². The van der Waals surface area contributed by atoms with Crippen molar-refractivity contribution < 1.29 is 14.7 Å². The van der Waals surface area contributed by atoms with Crippen molar-refractivity contribution in [1.29, 1.82) is 0 Å². The summed E-state index contributed by atoms with van der Waals surface area (Å²) in [7, 11) is 1.84. The molecule has 0 aromatic heterocycles. The number of urea groups is 1. The fraction of sp³-hybridized carbons (Fsp3) is 0.300. The number of rotatable bonds is 2. The Balaban J connectivity index is 1.90. The molecule has 4 N–H and O–H groups in total. The van der Waals surface area contributed by atoms with Crippen molar-refractivity contribution in [2.24, 2.45) is 5.73 Å². The maximum absolute atomic E-state index is 12.2. The average Bonchev–Trinajstić information content (AvgIpc) is 2.92. The average molecular weight is 366 g/mol. The molecule has 140 valence electrons. The summed E-state index contributed by atoms with van der Waals surface area (Å²) >= 11 is 0. The van der Waals surface area contributed by atoms with Crippen molar-refractivity contribution in [2.75, 3.05) is 22.2 Å². The Kier molecular flexibility index (Phi) is 3.95. The van der Waals surface area contributed by atoms with E-state index in [9.17, 15) is 14.7 Å². The lowest BCUT2D eigenvalue weighted by Gasteiger charge is -2.32. The van der Waals surface area contributed by atoms with Crippen LogP contribution in [0.4, 0.5) is 21.9 Å². The molecule has 2 aromatic carbocycles. The maximum atomic E-state index is 12.2. The van der Waals surface area contributed by atoms with Gasteiger partial charge in [0.2, 0.25) is 0 Å². The molecule has 0 radical (unpaired) electrons. The second-order valence-electron chi connectivity index (χ2n) is 7.05. The Morgan fingerprint density at radius 1 is 1.26 bits per heavy atom. The van der Waals surface area contributed by atoms with Gasteiger partial charge in [0.25, 0.3) is 0 Å². The van der Waals surface area contributed by atoms with Crippen LogP contribution in [0.3, 0.4) is 0 Å². The van der Waals surface area contributed by atoms with Gasteiger partial charge in [-0.05, 0) is 37.0 Å². The van der Waals surface area contributed by atoms with E-state index in [4.69, 9.17) is 5.73 Å². The number of carboxylic acid groups (broad SMARTS) is 1. The van der Waals surface area contributed by atoms with Gasteiger partial charge in [0, 0.05) is 7.05 Å². The van der Waals surface area contributed by atoms with Crippen LogP contribution in [-0.2, 0) is 6.42 Å². The number of nitrogens with one attached hydrogen (secondary N) is 1. The molecule has 27 heavy (non-hydrogen) atoms.